The van der Waals surface area contributed by atoms with Gasteiger partial charge in [0.05, 0.1) is 27.0 Å². The minimum absolute atomic E-state index is 0.134. The standard InChI is InChI=1S/C17H14Cl2N2O/c1-20(2)10-12-11-6-3-4-9-15(11)21(17(12)22)16-13(18)7-5-8-14(16)19/h3-10H,1-2H3. The van der Waals surface area contributed by atoms with Gasteiger partial charge in [0.15, 0.2) is 0 Å². The van der Waals surface area contributed by atoms with Gasteiger partial charge in [0.2, 0.25) is 0 Å². The molecule has 0 radical (unpaired) electrons. The van der Waals surface area contributed by atoms with E-state index in [9.17, 15) is 4.79 Å². The van der Waals surface area contributed by atoms with Gasteiger partial charge in [-0.05, 0) is 18.2 Å². The van der Waals surface area contributed by atoms with Crippen LogP contribution in [0.2, 0.25) is 10.0 Å². The van der Waals surface area contributed by atoms with Crippen LogP contribution < -0.4 is 4.90 Å². The highest BCUT2D eigenvalue weighted by Crippen LogP contribution is 2.46. The molecule has 0 saturated heterocycles. The number of benzene rings is 2. The van der Waals surface area contributed by atoms with E-state index in [0.717, 1.165) is 11.3 Å². The highest BCUT2D eigenvalue weighted by Gasteiger charge is 2.35. The summed E-state index contributed by atoms with van der Waals surface area (Å²) >= 11 is 12.6. The second kappa shape index (κ2) is 5.67. The molecule has 3 nitrogen and oxygen atoms in total. The van der Waals surface area contributed by atoms with E-state index in [1.165, 1.54) is 0 Å². The fourth-order valence-electron chi connectivity index (χ4n) is 2.55. The van der Waals surface area contributed by atoms with Crippen LogP contribution in [0, 0.1) is 0 Å². The number of amides is 1. The Labute approximate surface area is 139 Å². The molecular formula is C17H14Cl2N2O. The summed E-state index contributed by atoms with van der Waals surface area (Å²) in [5.41, 5.74) is 2.80. The molecule has 3 rings (SSSR count). The minimum atomic E-state index is -0.134. The first kappa shape index (κ1) is 14.9. The van der Waals surface area contributed by atoms with Gasteiger partial charge in [-0.2, -0.15) is 0 Å². The molecule has 0 aromatic heterocycles. The van der Waals surface area contributed by atoms with Crippen molar-refractivity contribution in [2.75, 3.05) is 19.0 Å². The average molecular weight is 333 g/mol. The van der Waals surface area contributed by atoms with Crippen molar-refractivity contribution >= 4 is 46.1 Å². The Bertz CT molecular complexity index is 764. The number of para-hydroxylation sites is 2. The van der Waals surface area contributed by atoms with Gasteiger partial charge in [-0.1, -0.05) is 47.5 Å². The number of nitrogens with zero attached hydrogens (tertiary/aromatic N) is 2. The Morgan fingerprint density at radius 3 is 2.27 bits per heavy atom. The Morgan fingerprint density at radius 2 is 1.64 bits per heavy atom. The minimum Gasteiger partial charge on any atom is -0.383 e. The molecule has 2 aromatic rings. The van der Waals surface area contributed by atoms with Crippen LogP contribution in [0.4, 0.5) is 11.4 Å². The quantitative estimate of drug-likeness (QED) is 0.752. The molecular weight excluding hydrogens is 319 g/mol. The van der Waals surface area contributed by atoms with Crippen molar-refractivity contribution in [1.82, 2.24) is 4.90 Å². The van der Waals surface area contributed by atoms with Crippen molar-refractivity contribution in [3.63, 3.8) is 0 Å². The lowest BCUT2D eigenvalue weighted by Crippen LogP contribution is -2.22. The molecule has 0 bridgehead atoms. The van der Waals surface area contributed by atoms with Crippen molar-refractivity contribution in [2.45, 2.75) is 0 Å². The number of fused-ring (bicyclic) bond motifs is 1. The summed E-state index contributed by atoms with van der Waals surface area (Å²) < 4.78 is 0. The zero-order valence-corrected chi connectivity index (χ0v) is 13.7. The molecule has 1 amide bonds. The Balaban J connectivity index is 2.24. The molecule has 0 saturated carbocycles. The number of halogens is 2. The van der Waals surface area contributed by atoms with E-state index in [-0.39, 0.29) is 5.91 Å². The summed E-state index contributed by atoms with van der Waals surface area (Å²) in [5, 5.41) is 0.892. The van der Waals surface area contributed by atoms with Gasteiger partial charge in [0.1, 0.15) is 0 Å². The zero-order valence-electron chi connectivity index (χ0n) is 12.2. The van der Waals surface area contributed by atoms with Gasteiger partial charge in [-0.25, -0.2) is 0 Å². The van der Waals surface area contributed by atoms with Crippen LogP contribution in [0.25, 0.3) is 5.57 Å². The van der Waals surface area contributed by atoms with Gasteiger partial charge >= 0.3 is 0 Å². The number of hydrogen-bond donors (Lipinski definition) is 0. The Hall–Kier alpha value is -1.97. The summed E-state index contributed by atoms with van der Waals surface area (Å²) in [5.74, 6) is -0.134. The van der Waals surface area contributed by atoms with Crippen molar-refractivity contribution < 1.29 is 4.79 Å². The van der Waals surface area contributed by atoms with Crippen LogP contribution >= 0.6 is 23.2 Å². The van der Waals surface area contributed by atoms with Gasteiger partial charge in [0, 0.05) is 25.9 Å². The maximum atomic E-state index is 12.9. The molecule has 2 aromatic carbocycles. The monoisotopic (exact) mass is 332 g/mol. The predicted molar refractivity (Wildman–Crippen MR) is 91.7 cm³/mol. The van der Waals surface area contributed by atoms with Gasteiger partial charge in [-0.3, -0.25) is 9.69 Å². The summed E-state index contributed by atoms with van der Waals surface area (Å²) in [4.78, 5) is 16.3. The Kier molecular flexibility index (Phi) is 3.85. The Morgan fingerprint density at radius 1 is 1.00 bits per heavy atom. The lowest BCUT2D eigenvalue weighted by molar-refractivity contribution is -0.112. The maximum Gasteiger partial charge on any atom is 0.265 e. The molecule has 1 aliphatic heterocycles. The SMILES string of the molecule is CN(C)C=C1C(=O)N(c2c(Cl)cccc2Cl)c2ccccc21. The molecule has 0 N–H and O–H groups in total. The third-order valence-corrected chi connectivity index (χ3v) is 4.03. The highest BCUT2D eigenvalue weighted by atomic mass is 35.5. The molecule has 5 heteroatoms. The number of anilines is 2. The fraction of sp³-hybridized carbons (Fsp3) is 0.118. The van der Waals surface area contributed by atoms with Gasteiger partial charge in [0.25, 0.3) is 5.91 Å². The van der Waals surface area contributed by atoms with E-state index in [0.29, 0.717) is 21.3 Å². The summed E-state index contributed by atoms with van der Waals surface area (Å²) in [6.45, 7) is 0. The maximum absolute atomic E-state index is 12.9. The second-order valence-electron chi connectivity index (χ2n) is 5.23. The first-order valence-corrected chi connectivity index (χ1v) is 7.52. The predicted octanol–water partition coefficient (Wildman–Crippen LogP) is 4.57. The number of carbonyl (C=O) groups excluding carboxylic acids is 1. The summed E-state index contributed by atoms with van der Waals surface area (Å²) in [7, 11) is 3.77. The van der Waals surface area contributed by atoms with Crippen molar-refractivity contribution in [3.8, 4) is 0 Å². The number of carbonyl (C=O) groups is 1. The van der Waals surface area contributed by atoms with E-state index in [4.69, 9.17) is 23.2 Å². The van der Waals surface area contributed by atoms with E-state index in [1.54, 1.807) is 23.1 Å². The molecule has 0 aliphatic carbocycles. The topological polar surface area (TPSA) is 23.6 Å². The van der Waals surface area contributed by atoms with Crippen LogP contribution in [-0.4, -0.2) is 24.9 Å². The molecule has 22 heavy (non-hydrogen) atoms. The zero-order chi connectivity index (χ0) is 15.9. The van der Waals surface area contributed by atoms with E-state index < -0.39 is 0 Å². The molecule has 0 spiro atoms. The molecule has 112 valence electrons. The van der Waals surface area contributed by atoms with Crippen LogP contribution in [0.5, 0.6) is 0 Å². The molecule has 1 heterocycles. The second-order valence-corrected chi connectivity index (χ2v) is 6.05. The van der Waals surface area contributed by atoms with Crippen molar-refractivity contribution in [1.29, 1.82) is 0 Å². The van der Waals surface area contributed by atoms with Crippen LogP contribution in [0.15, 0.2) is 48.7 Å². The third-order valence-electron chi connectivity index (χ3n) is 3.42. The van der Waals surface area contributed by atoms with Gasteiger partial charge < -0.3 is 4.90 Å². The van der Waals surface area contributed by atoms with Crippen LogP contribution in [0.1, 0.15) is 5.56 Å². The molecule has 0 atom stereocenters. The van der Waals surface area contributed by atoms with Crippen LogP contribution in [0.3, 0.4) is 0 Å². The summed E-state index contributed by atoms with van der Waals surface area (Å²) in [6, 6.07) is 12.8. The van der Waals surface area contributed by atoms with Crippen molar-refractivity contribution in [3.05, 3.63) is 64.3 Å². The average Bonchev–Trinajstić information content (AvgIpc) is 2.73. The third kappa shape index (κ3) is 2.36. The van der Waals surface area contributed by atoms with Crippen molar-refractivity contribution in [2.24, 2.45) is 0 Å². The molecule has 0 fully saturated rings. The normalized spacial score (nSPS) is 15.4. The largest absolute Gasteiger partial charge is 0.383 e. The highest BCUT2D eigenvalue weighted by molar-refractivity contribution is 6.43. The smallest absolute Gasteiger partial charge is 0.265 e. The first-order chi connectivity index (χ1) is 10.5. The van der Waals surface area contributed by atoms with Crippen LogP contribution in [-0.2, 0) is 4.79 Å². The lowest BCUT2D eigenvalue weighted by Gasteiger charge is -2.20. The number of rotatable bonds is 2. The molecule has 0 unspecified atom stereocenters. The van der Waals surface area contributed by atoms with E-state index in [1.807, 2.05) is 49.5 Å². The number of hydrogen-bond acceptors (Lipinski definition) is 2. The first-order valence-electron chi connectivity index (χ1n) is 6.77. The van der Waals surface area contributed by atoms with E-state index in [2.05, 4.69) is 0 Å². The summed E-state index contributed by atoms with van der Waals surface area (Å²) in [6.07, 6.45) is 1.81. The lowest BCUT2D eigenvalue weighted by atomic mass is 10.1. The van der Waals surface area contributed by atoms with Gasteiger partial charge in [-0.15, -0.1) is 0 Å². The fourth-order valence-corrected chi connectivity index (χ4v) is 3.12. The van der Waals surface area contributed by atoms with E-state index >= 15 is 0 Å². The molecule has 1 aliphatic rings.